The van der Waals surface area contributed by atoms with Crippen molar-refractivity contribution >= 4 is 23.2 Å². The number of hydrogen-bond acceptors (Lipinski definition) is 7. The van der Waals surface area contributed by atoms with Gasteiger partial charge in [-0.05, 0) is 62.2 Å². The van der Waals surface area contributed by atoms with E-state index in [0.29, 0.717) is 30.4 Å². The Hall–Kier alpha value is -3.39. The van der Waals surface area contributed by atoms with Crippen molar-refractivity contribution in [3.63, 3.8) is 0 Å². The molecule has 3 aliphatic heterocycles. The molecule has 3 heterocycles. The molecule has 1 atom stereocenters. The lowest BCUT2D eigenvalue weighted by molar-refractivity contribution is -0.133. The first-order valence-corrected chi connectivity index (χ1v) is 13.6. The topological polar surface area (TPSA) is 79.4 Å². The van der Waals surface area contributed by atoms with E-state index in [0.717, 1.165) is 73.9 Å². The van der Waals surface area contributed by atoms with Crippen LogP contribution in [0.1, 0.15) is 53.6 Å². The van der Waals surface area contributed by atoms with Crippen LogP contribution in [0, 0.1) is 5.41 Å². The molecule has 1 aliphatic carbocycles. The Labute approximate surface area is 223 Å². The fraction of sp³-hybridized carbons (Fsp3) is 0.500. The summed E-state index contributed by atoms with van der Waals surface area (Å²) in [7, 11) is 3.41. The second-order valence-corrected chi connectivity index (χ2v) is 11.3. The van der Waals surface area contributed by atoms with Gasteiger partial charge in [-0.2, -0.15) is 0 Å². The van der Waals surface area contributed by atoms with Gasteiger partial charge < -0.3 is 19.3 Å². The van der Waals surface area contributed by atoms with Crippen LogP contribution in [0.3, 0.4) is 0 Å². The van der Waals surface area contributed by atoms with E-state index in [2.05, 4.69) is 15.9 Å². The van der Waals surface area contributed by atoms with Crippen molar-refractivity contribution in [2.45, 2.75) is 51.2 Å². The Morgan fingerprint density at radius 1 is 0.974 bits per heavy atom. The van der Waals surface area contributed by atoms with Crippen molar-refractivity contribution in [1.29, 1.82) is 0 Å². The first-order chi connectivity index (χ1) is 18.4. The molecule has 0 radical (unpaired) electrons. The van der Waals surface area contributed by atoms with E-state index in [4.69, 9.17) is 9.47 Å². The van der Waals surface area contributed by atoms with Crippen LogP contribution < -0.4 is 14.4 Å². The maximum atomic E-state index is 13.2. The van der Waals surface area contributed by atoms with Crippen molar-refractivity contribution in [3.05, 3.63) is 53.1 Å². The molecule has 6 rings (SSSR count). The van der Waals surface area contributed by atoms with Crippen LogP contribution in [0.15, 0.2) is 36.4 Å². The summed E-state index contributed by atoms with van der Waals surface area (Å²) in [5.41, 5.74) is 4.17. The molecule has 4 aliphatic rings. The van der Waals surface area contributed by atoms with Crippen LogP contribution in [0.2, 0.25) is 0 Å². The second-order valence-electron chi connectivity index (χ2n) is 11.3. The maximum absolute atomic E-state index is 13.2. The van der Waals surface area contributed by atoms with E-state index < -0.39 is 6.04 Å². The number of Topliss-reactive ketones (excluding diaryl/α,β-unsaturated/α-hetero) is 2. The van der Waals surface area contributed by atoms with Crippen LogP contribution in [0.5, 0.6) is 11.5 Å². The number of benzene rings is 2. The van der Waals surface area contributed by atoms with E-state index in [1.165, 1.54) is 0 Å². The molecular weight excluding hydrogens is 482 g/mol. The van der Waals surface area contributed by atoms with Crippen molar-refractivity contribution in [2.75, 3.05) is 45.3 Å². The molecule has 8 heteroatoms. The number of likely N-dealkylation sites (tertiary alicyclic amines) is 1. The summed E-state index contributed by atoms with van der Waals surface area (Å²) < 4.78 is 11.2. The zero-order valence-electron chi connectivity index (χ0n) is 22.2. The number of anilines is 1. The Bertz CT molecular complexity index is 1250. The minimum Gasteiger partial charge on any atom is -0.496 e. The average Bonchev–Trinajstić information content (AvgIpc) is 3.23. The van der Waals surface area contributed by atoms with E-state index >= 15 is 0 Å². The van der Waals surface area contributed by atoms with Gasteiger partial charge in [0.15, 0.2) is 5.78 Å². The first-order valence-electron chi connectivity index (χ1n) is 13.6. The van der Waals surface area contributed by atoms with Gasteiger partial charge in [0.05, 0.1) is 32.2 Å². The molecule has 1 unspecified atom stereocenters. The normalized spacial score (nSPS) is 23.0. The number of ether oxygens (including phenoxy) is 2. The van der Waals surface area contributed by atoms with Crippen molar-refractivity contribution in [2.24, 2.45) is 5.41 Å². The fourth-order valence-corrected chi connectivity index (χ4v) is 6.70. The summed E-state index contributed by atoms with van der Waals surface area (Å²) in [5, 5.41) is 0. The molecular formula is C30H35N3O5. The van der Waals surface area contributed by atoms with Crippen LogP contribution >= 0.6 is 0 Å². The number of carbonyl (C=O) groups excluding carboxylic acids is 3. The van der Waals surface area contributed by atoms with Gasteiger partial charge in [-0.15, -0.1) is 0 Å². The first kappa shape index (κ1) is 24.9. The zero-order valence-corrected chi connectivity index (χ0v) is 22.2. The summed E-state index contributed by atoms with van der Waals surface area (Å²) in [6.07, 6.45) is 3.05. The minimum absolute atomic E-state index is 0.0187. The highest BCUT2D eigenvalue weighted by Gasteiger charge is 2.46. The summed E-state index contributed by atoms with van der Waals surface area (Å²) in [4.78, 5) is 43.8. The molecule has 38 heavy (non-hydrogen) atoms. The largest absolute Gasteiger partial charge is 0.496 e. The van der Waals surface area contributed by atoms with Crippen LogP contribution in [-0.4, -0.2) is 73.7 Å². The monoisotopic (exact) mass is 517 g/mol. The highest BCUT2D eigenvalue weighted by atomic mass is 16.5. The summed E-state index contributed by atoms with van der Waals surface area (Å²) >= 11 is 0. The third kappa shape index (κ3) is 4.34. The van der Waals surface area contributed by atoms with E-state index in [1.807, 2.05) is 30.3 Å². The third-order valence-corrected chi connectivity index (χ3v) is 8.99. The molecule has 0 N–H and O–H groups in total. The lowest BCUT2D eigenvalue weighted by Crippen LogP contribution is -2.60. The number of ketones is 2. The van der Waals surface area contributed by atoms with Gasteiger partial charge in [0, 0.05) is 49.3 Å². The Morgan fingerprint density at radius 3 is 2.34 bits per heavy atom. The van der Waals surface area contributed by atoms with Crippen molar-refractivity contribution in [1.82, 2.24) is 9.80 Å². The summed E-state index contributed by atoms with van der Waals surface area (Å²) in [5.74, 6) is 1.51. The molecule has 3 fully saturated rings. The summed E-state index contributed by atoms with van der Waals surface area (Å²) in [6, 6.07) is 11.6. The number of fused-ring (bicyclic) bond motifs is 1. The van der Waals surface area contributed by atoms with Gasteiger partial charge in [-0.3, -0.25) is 19.3 Å². The van der Waals surface area contributed by atoms with Gasteiger partial charge in [0.2, 0.25) is 0 Å². The second kappa shape index (κ2) is 9.73. The molecule has 2 aromatic carbocycles. The standard InChI is InChI=1S/C30H35N3O5/c1-37-27-4-3-5-28(38-2)24(27)17-31-12-10-30(11-13-31)18-32(19-30)21-7-6-20-16-33(29(36)23(20)14-21)25-9-8-22(34)15-26(25)35/h3-7,14,25H,8-13,15-19H2,1-2H3. The number of carbonyl (C=O) groups is 3. The average molecular weight is 518 g/mol. The van der Waals surface area contributed by atoms with Crippen LogP contribution in [0.4, 0.5) is 5.69 Å². The molecule has 1 amide bonds. The van der Waals surface area contributed by atoms with Crippen LogP contribution in [-0.2, 0) is 22.7 Å². The molecule has 200 valence electrons. The molecule has 2 aromatic rings. The highest BCUT2D eigenvalue weighted by Crippen LogP contribution is 2.44. The minimum atomic E-state index is -0.468. The highest BCUT2D eigenvalue weighted by molar-refractivity contribution is 6.07. The number of piperidine rings is 1. The molecule has 2 saturated heterocycles. The van der Waals surface area contributed by atoms with Gasteiger partial charge >= 0.3 is 0 Å². The van der Waals surface area contributed by atoms with E-state index in [9.17, 15) is 14.4 Å². The lowest BCUT2D eigenvalue weighted by atomic mass is 9.71. The van der Waals surface area contributed by atoms with Gasteiger partial charge in [0.25, 0.3) is 5.91 Å². The Kier molecular flexibility index (Phi) is 6.38. The van der Waals surface area contributed by atoms with Crippen LogP contribution in [0.25, 0.3) is 0 Å². The van der Waals surface area contributed by atoms with Gasteiger partial charge in [-0.1, -0.05) is 12.1 Å². The van der Waals surface area contributed by atoms with Gasteiger partial charge in [0.1, 0.15) is 17.3 Å². The molecule has 8 nitrogen and oxygen atoms in total. The van der Waals surface area contributed by atoms with Crippen molar-refractivity contribution < 1.29 is 23.9 Å². The quantitative estimate of drug-likeness (QED) is 0.543. The number of nitrogens with zero attached hydrogens (tertiary/aromatic N) is 3. The predicted molar refractivity (Wildman–Crippen MR) is 143 cm³/mol. The predicted octanol–water partition coefficient (Wildman–Crippen LogP) is 3.45. The molecule has 1 saturated carbocycles. The van der Waals surface area contributed by atoms with E-state index in [1.54, 1.807) is 19.1 Å². The SMILES string of the molecule is COc1cccc(OC)c1CN1CCC2(CC1)CN(c1ccc3c(c1)C(=O)N(C1CCC(=O)CC1=O)C3)C2. The third-order valence-electron chi connectivity index (χ3n) is 8.99. The summed E-state index contributed by atoms with van der Waals surface area (Å²) in [6.45, 7) is 5.33. The zero-order chi connectivity index (χ0) is 26.4. The fourth-order valence-electron chi connectivity index (χ4n) is 6.70. The number of hydrogen-bond donors (Lipinski definition) is 0. The maximum Gasteiger partial charge on any atom is 0.255 e. The molecule has 0 bridgehead atoms. The number of amides is 1. The van der Waals surface area contributed by atoms with E-state index in [-0.39, 0.29) is 23.9 Å². The van der Waals surface area contributed by atoms with Crippen molar-refractivity contribution in [3.8, 4) is 11.5 Å². The number of rotatable bonds is 6. The molecule has 1 spiro atoms. The number of methoxy groups -OCH3 is 2. The van der Waals surface area contributed by atoms with Gasteiger partial charge in [-0.25, -0.2) is 0 Å². The lowest BCUT2D eigenvalue weighted by Gasteiger charge is -2.55. The Balaban J connectivity index is 1.07. The molecule has 0 aromatic heterocycles. The Morgan fingerprint density at radius 2 is 1.68 bits per heavy atom. The smallest absolute Gasteiger partial charge is 0.255 e.